The molecule has 1 aromatic carbocycles. The Morgan fingerprint density at radius 3 is 2.82 bits per heavy atom. The molecule has 0 spiro atoms. The van der Waals surface area contributed by atoms with Crippen LogP contribution in [0.2, 0.25) is 0 Å². The van der Waals surface area contributed by atoms with Gasteiger partial charge in [-0.2, -0.15) is 5.10 Å². The summed E-state index contributed by atoms with van der Waals surface area (Å²) >= 11 is 0. The van der Waals surface area contributed by atoms with Crippen LogP contribution in [0.3, 0.4) is 0 Å². The summed E-state index contributed by atoms with van der Waals surface area (Å²) < 4.78 is 7.31. The number of carbonyl (C=O) groups excluding carboxylic acids is 1. The van der Waals surface area contributed by atoms with E-state index in [1.807, 2.05) is 46.0 Å². The lowest BCUT2D eigenvalue weighted by Crippen LogP contribution is -2.30. The minimum atomic E-state index is -0.494. The van der Waals surface area contributed by atoms with Gasteiger partial charge < -0.3 is 14.5 Å². The van der Waals surface area contributed by atoms with Crippen LogP contribution in [0.15, 0.2) is 47.1 Å². The van der Waals surface area contributed by atoms with Crippen molar-refractivity contribution >= 4 is 5.91 Å². The first kappa shape index (κ1) is 17.2. The third-order valence-electron chi connectivity index (χ3n) is 5.53. The Bertz CT molecular complexity index is 990. The van der Waals surface area contributed by atoms with Gasteiger partial charge in [-0.15, -0.1) is 0 Å². The van der Waals surface area contributed by atoms with Crippen LogP contribution in [0.4, 0.5) is 0 Å². The van der Waals surface area contributed by atoms with Gasteiger partial charge in [-0.1, -0.05) is 35.5 Å². The largest absolute Gasteiger partial charge is 0.386 e. The fraction of sp³-hybridized carbons (Fsp3) is 0.381. The van der Waals surface area contributed by atoms with Gasteiger partial charge in [-0.3, -0.25) is 9.48 Å². The summed E-state index contributed by atoms with van der Waals surface area (Å²) in [5.74, 6) is 0.731. The van der Waals surface area contributed by atoms with Crippen LogP contribution in [-0.2, 0) is 13.1 Å². The summed E-state index contributed by atoms with van der Waals surface area (Å²) in [6.07, 6.45) is 3.93. The average Bonchev–Trinajstić information content (AvgIpc) is 3.38. The molecule has 144 valence electrons. The number of aryl methyl sites for hydroxylation is 1. The summed E-state index contributed by atoms with van der Waals surface area (Å²) in [5, 5.41) is 18.8. The predicted octanol–water partition coefficient (Wildman–Crippen LogP) is 3.03. The van der Waals surface area contributed by atoms with Crippen LogP contribution in [0.25, 0.3) is 11.3 Å². The van der Waals surface area contributed by atoms with E-state index in [-0.39, 0.29) is 5.91 Å². The van der Waals surface area contributed by atoms with E-state index in [0.29, 0.717) is 30.3 Å². The maximum Gasteiger partial charge on any atom is 0.259 e. The molecule has 1 aliphatic carbocycles. The number of hydrogen-bond acceptors (Lipinski definition) is 5. The summed E-state index contributed by atoms with van der Waals surface area (Å²) in [5.41, 5.74) is 2.98. The maximum atomic E-state index is 13.2. The van der Waals surface area contributed by atoms with E-state index in [2.05, 4.69) is 10.3 Å². The van der Waals surface area contributed by atoms with Crippen molar-refractivity contribution in [3.63, 3.8) is 0 Å². The van der Waals surface area contributed by atoms with E-state index in [0.717, 1.165) is 42.8 Å². The number of fused-ring (bicyclic) bond motifs is 1. The quantitative estimate of drug-likeness (QED) is 0.754. The molecule has 1 N–H and O–H groups in total. The predicted molar refractivity (Wildman–Crippen MR) is 101 cm³/mol. The Balaban J connectivity index is 1.40. The van der Waals surface area contributed by atoms with Gasteiger partial charge >= 0.3 is 0 Å². The second-order valence-electron chi connectivity index (χ2n) is 7.58. The molecule has 1 amide bonds. The number of aliphatic hydroxyl groups is 1. The zero-order chi connectivity index (χ0) is 19.1. The number of carbonyl (C=O) groups is 1. The van der Waals surface area contributed by atoms with Gasteiger partial charge in [-0.05, 0) is 31.2 Å². The third kappa shape index (κ3) is 3.11. The highest BCUT2D eigenvalue weighted by Crippen LogP contribution is 2.40. The van der Waals surface area contributed by atoms with Crippen molar-refractivity contribution in [3.8, 4) is 11.3 Å². The molecule has 2 aromatic heterocycles. The van der Waals surface area contributed by atoms with Crippen molar-refractivity contribution in [3.05, 3.63) is 59.5 Å². The molecule has 0 radical (unpaired) electrons. The third-order valence-corrected chi connectivity index (χ3v) is 5.53. The molecule has 5 rings (SSSR count). The number of hydrogen-bond donors (Lipinski definition) is 1. The van der Waals surface area contributed by atoms with Gasteiger partial charge in [0.25, 0.3) is 5.91 Å². The molecule has 0 unspecified atom stereocenters. The zero-order valence-corrected chi connectivity index (χ0v) is 15.5. The van der Waals surface area contributed by atoms with E-state index in [1.165, 1.54) is 6.20 Å². The Kier molecular flexibility index (Phi) is 4.24. The first-order valence-electron chi connectivity index (χ1n) is 9.75. The van der Waals surface area contributed by atoms with Crippen LogP contribution in [-0.4, -0.2) is 37.4 Å². The van der Waals surface area contributed by atoms with Crippen LogP contribution >= 0.6 is 0 Å². The normalized spacial score (nSPS) is 17.8. The molecule has 7 nitrogen and oxygen atoms in total. The lowest BCUT2D eigenvalue weighted by atomic mass is 10.1. The van der Waals surface area contributed by atoms with Gasteiger partial charge in [0, 0.05) is 18.7 Å². The monoisotopic (exact) mass is 378 g/mol. The number of nitrogens with zero attached hydrogens (tertiary/aromatic N) is 4. The summed E-state index contributed by atoms with van der Waals surface area (Å²) in [7, 11) is 0. The molecule has 1 atom stereocenters. The van der Waals surface area contributed by atoms with Crippen LogP contribution in [0.5, 0.6) is 0 Å². The minimum Gasteiger partial charge on any atom is -0.386 e. The van der Waals surface area contributed by atoms with Crippen molar-refractivity contribution in [1.82, 2.24) is 19.8 Å². The van der Waals surface area contributed by atoms with E-state index in [9.17, 15) is 9.90 Å². The van der Waals surface area contributed by atoms with Crippen LogP contribution in [0, 0.1) is 5.92 Å². The maximum absolute atomic E-state index is 13.2. The molecule has 0 saturated heterocycles. The SMILES string of the molecule is O=C(c1cnoc1-c1ccccc1)N1CCCn2nc([C@H](O)C3CC3)cc2C1. The number of aliphatic hydroxyl groups excluding tert-OH is 1. The molecule has 1 aliphatic heterocycles. The highest BCUT2D eigenvalue weighted by Gasteiger charge is 2.33. The minimum absolute atomic E-state index is 0.0981. The van der Waals surface area contributed by atoms with Gasteiger partial charge in [0.1, 0.15) is 11.7 Å². The molecule has 3 aromatic rings. The molecule has 1 fully saturated rings. The Morgan fingerprint density at radius 2 is 2.04 bits per heavy atom. The first-order valence-corrected chi connectivity index (χ1v) is 9.75. The van der Waals surface area contributed by atoms with Gasteiger partial charge in [0.05, 0.1) is 24.1 Å². The summed E-state index contributed by atoms with van der Waals surface area (Å²) in [6.45, 7) is 1.84. The van der Waals surface area contributed by atoms with E-state index < -0.39 is 6.10 Å². The Morgan fingerprint density at radius 1 is 1.21 bits per heavy atom. The molecule has 1 saturated carbocycles. The molecule has 0 bridgehead atoms. The van der Waals surface area contributed by atoms with Crippen molar-refractivity contribution in [2.75, 3.05) is 6.54 Å². The van der Waals surface area contributed by atoms with Gasteiger partial charge in [0.2, 0.25) is 0 Å². The lowest BCUT2D eigenvalue weighted by molar-refractivity contribution is 0.0746. The summed E-state index contributed by atoms with van der Waals surface area (Å²) in [6, 6.07) is 11.5. The number of rotatable bonds is 4. The van der Waals surface area contributed by atoms with E-state index >= 15 is 0 Å². The molecular weight excluding hydrogens is 356 g/mol. The van der Waals surface area contributed by atoms with Crippen LogP contribution in [0.1, 0.15) is 47.1 Å². The number of amides is 1. The fourth-order valence-electron chi connectivity index (χ4n) is 3.82. The van der Waals surface area contributed by atoms with Crippen molar-refractivity contribution in [2.45, 2.75) is 38.5 Å². The molecule has 3 heterocycles. The highest BCUT2D eigenvalue weighted by molar-refractivity contribution is 5.99. The first-order chi connectivity index (χ1) is 13.7. The Labute approximate surface area is 162 Å². The molecular formula is C21H22N4O3. The van der Waals surface area contributed by atoms with Crippen molar-refractivity contribution in [2.24, 2.45) is 5.92 Å². The average molecular weight is 378 g/mol. The van der Waals surface area contributed by atoms with Gasteiger partial charge in [0.15, 0.2) is 5.76 Å². The topological polar surface area (TPSA) is 84.4 Å². The van der Waals surface area contributed by atoms with E-state index in [4.69, 9.17) is 4.52 Å². The standard InChI is InChI=1S/C21H22N4O3/c26-19(14-7-8-14)18-11-16-13-24(9-4-10-25(16)23-18)21(27)17-12-22-28-20(17)15-5-2-1-3-6-15/h1-3,5-6,11-12,14,19,26H,4,7-10,13H2/t19-/m1/s1. The second-order valence-corrected chi connectivity index (χ2v) is 7.58. The molecule has 2 aliphatic rings. The fourth-order valence-corrected chi connectivity index (χ4v) is 3.82. The Hall–Kier alpha value is -2.93. The highest BCUT2D eigenvalue weighted by atomic mass is 16.5. The van der Waals surface area contributed by atoms with E-state index in [1.54, 1.807) is 0 Å². The second kappa shape index (κ2) is 6.91. The summed E-state index contributed by atoms with van der Waals surface area (Å²) in [4.78, 5) is 15.0. The zero-order valence-electron chi connectivity index (χ0n) is 15.5. The smallest absolute Gasteiger partial charge is 0.259 e. The van der Waals surface area contributed by atoms with Crippen molar-refractivity contribution in [1.29, 1.82) is 0 Å². The molecule has 7 heteroatoms. The lowest BCUT2D eigenvalue weighted by Gasteiger charge is -2.19. The number of benzene rings is 1. The van der Waals surface area contributed by atoms with Gasteiger partial charge in [-0.25, -0.2) is 0 Å². The molecule has 28 heavy (non-hydrogen) atoms. The van der Waals surface area contributed by atoms with Crippen molar-refractivity contribution < 1.29 is 14.4 Å². The van der Waals surface area contributed by atoms with Crippen LogP contribution < -0.4 is 0 Å². The number of aromatic nitrogens is 3.